The maximum Gasteiger partial charge on any atom is 0.332 e. The summed E-state index contributed by atoms with van der Waals surface area (Å²) in [6, 6.07) is 23.4. The Morgan fingerprint density at radius 2 is 1.59 bits per heavy atom. The number of aryl methyl sites for hydroxylation is 1. The number of carbonyl (C=O) groups excluding carboxylic acids is 1. The molecule has 5 nitrogen and oxygen atoms in total. The Labute approximate surface area is 192 Å². The van der Waals surface area contributed by atoms with Crippen LogP contribution in [0.2, 0.25) is 5.02 Å². The number of carbonyl (C=O) groups is 1. The third kappa shape index (κ3) is 2.77. The van der Waals surface area contributed by atoms with E-state index in [1.165, 1.54) is 4.90 Å². The molecule has 1 spiro atoms. The number of amides is 2. The summed E-state index contributed by atoms with van der Waals surface area (Å²) in [5, 5.41) is 22.5. The molecule has 6 heteroatoms. The van der Waals surface area contributed by atoms with Gasteiger partial charge in [-0.2, -0.15) is 5.26 Å². The predicted molar refractivity (Wildman–Crippen MR) is 125 cm³/mol. The zero-order chi connectivity index (χ0) is 22.5. The summed E-state index contributed by atoms with van der Waals surface area (Å²) in [6.45, 7) is 2.00. The smallest absolute Gasteiger partial charge is 0.332 e. The van der Waals surface area contributed by atoms with Crippen molar-refractivity contribution in [3.05, 3.63) is 94.5 Å². The Bertz CT molecular complexity index is 1230. The maximum absolute atomic E-state index is 14.0. The van der Waals surface area contributed by atoms with Crippen molar-refractivity contribution < 1.29 is 9.90 Å². The van der Waals surface area contributed by atoms with Crippen molar-refractivity contribution in [1.82, 2.24) is 0 Å². The molecule has 1 saturated heterocycles. The second-order valence-electron chi connectivity index (χ2n) is 8.52. The van der Waals surface area contributed by atoms with Gasteiger partial charge in [0.25, 0.3) is 0 Å². The van der Waals surface area contributed by atoms with Crippen molar-refractivity contribution >= 4 is 29.0 Å². The monoisotopic (exact) mass is 443 g/mol. The zero-order valence-electron chi connectivity index (χ0n) is 17.6. The lowest BCUT2D eigenvalue weighted by Gasteiger charge is -2.52. The molecule has 1 heterocycles. The average molecular weight is 444 g/mol. The molecule has 3 aromatic carbocycles. The number of hydrogen-bond acceptors (Lipinski definition) is 3. The second-order valence-corrected chi connectivity index (χ2v) is 8.95. The van der Waals surface area contributed by atoms with Crippen LogP contribution in [0.15, 0.2) is 72.8 Å². The number of halogens is 1. The van der Waals surface area contributed by atoms with E-state index in [-0.39, 0.29) is 6.03 Å². The molecular weight excluding hydrogens is 422 g/mol. The topological polar surface area (TPSA) is 67.6 Å². The third-order valence-corrected chi connectivity index (χ3v) is 6.99. The highest BCUT2D eigenvalue weighted by Crippen LogP contribution is 2.59. The van der Waals surface area contributed by atoms with E-state index >= 15 is 0 Å². The van der Waals surface area contributed by atoms with Gasteiger partial charge in [-0.3, -0.25) is 9.80 Å². The molecule has 1 N–H and O–H groups in total. The highest BCUT2D eigenvalue weighted by Gasteiger charge is 2.70. The minimum Gasteiger partial charge on any atom is -0.364 e. The number of anilines is 2. The van der Waals surface area contributed by atoms with Gasteiger partial charge in [-0.1, -0.05) is 41.4 Å². The predicted octanol–water partition coefficient (Wildman–Crippen LogP) is 5.73. The summed E-state index contributed by atoms with van der Waals surface area (Å²) in [5.41, 5.74) is 0.823. The van der Waals surface area contributed by atoms with E-state index in [0.717, 1.165) is 17.7 Å². The molecule has 1 atom stereocenters. The van der Waals surface area contributed by atoms with Gasteiger partial charge in [0.15, 0.2) is 5.72 Å². The van der Waals surface area contributed by atoms with Gasteiger partial charge >= 0.3 is 6.03 Å². The molecule has 2 amide bonds. The summed E-state index contributed by atoms with van der Waals surface area (Å²) in [6.07, 6.45) is 2.18. The number of benzene rings is 3. The van der Waals surface area contributed by atoms with Crippen molar-refractivity contribution in [1.29, 1.82) is 5.26 Å². The van der Waals surface area contributed by atoms with E-state index < -0.39 is 11.3 Å². The van der Waals surface area contributed by atoms with Crippen LogP contribution in [0.3, 0.4) is 0 Å². The van der Waals surface area contributed by atoms with Crippen molar-refractivity contribution in [2.75, 3.05) is 9.80 Å². The molecule has 1 aliphatic carbocycles. The number of nitriles is 1. The fourth-order valence-corrected chi connectivity index (χ4v) is 5.14. The molecule has 0 aromatic heterocycles. The van der Waals surface area contributed by atoms with E-state index in [4.69, 9.17) is 11.6 Å². The van der Waals surface area contributed by atoms with Gasteiger partial charge in [0, 0.05) is 22.0 Å². The molecule has 2 fully saturated rings. The Morgan fingerprint density at radius 3 is 2.19 bits per heavy atom. The van der Waals surface area contributed by atoms with Gasteiger partial charge in [0.1, 0.15) is 5.54 Å². The van der Waals surface area contributed by atoms with Crippen LogP contribution in [0.4, 0.5) is 16.2 Å². The largest absolute Gasteiger partial charge is 0.364 e. The molecule has 3 aromatic rings. The van der Waals surface area contributed by atoms with Crippen LogP contribution >= 0.6 is 11.6 Å². The van der Waals surface area contributed by atoms with E-state index in [1.54, 1.807) is 53.4 Å². The molecule has 1 unspecified atom stereocenters. The second kappa shape index (κ2) is 7.37. The minimum absolute atomic E-state index is 0.305. The van der Waals surface area contributed by atoms with Crippen LogP contribution in [-0.2, 0) is 5.72 Å². The molecular formula is C26H22ClN3O2. The fourth-order valence-electron chi connectivity index (χ4n) is 5.01. The SMILES string of the molecule is Cc1ccc(N2C(=O)N(c3ccc(Cl)cc3)C(O)(c3cccc(C#N)c3)C23CCC3)cc1. The van der Waals surface area contributed by atoms with E-state index in [0.29, 0.717) is 34.7 Å². The lowest BCUT2D eigenvalue weighted by molar-refractivity contribution is -0.0524. The fraction of sp³-hybridized carbons (Fsp3) is 0.231. The maximum atomic E-state index is 14.0. The first-order valence-corrected chi connectivity index (χ1v) is 11.0. The zero-order valence-corrected chi connectivity index (χ0v) is 18.4. The Morgan fingerprint density at radius 1 is 0.969 bits per heavy atom. The number of rotatable bonds is 3. The molecule has 0 radical (unpaired) electrons. The standard InChI is InChI=1S/C26H22ClN3O2/c1-18-6-10-22(11-7-18)29-24(31)30(23-12-8-21(27)9-13-23)26(32,25(29)14-3-15-25)20-5-2-4-19(16-20)17-28/h2,4-13,16,32H,3,14-15H2,1H3. The first-order valence-electron chi connectivity index (χ1n) is 10.6. The van der Waals surface area contributed by atoms with Crippen LogP contribution in [0.25, 0.3) is 0 Å². The van der Waals surface area contributed by atoms with Crippen molar-refractivity contribution in [3.8, 4) is 6.07 Å². The first kappa shape index (κ1) is 20.6. The molecule has 1 saturated carbocycles. The Kier molecular flexibility index (Phi) is 4.74. The number of aliphatic hydroxyl groups is 1. The van der Waals surface area contributed by atoms with E-state index in [2.05, 4.69) is 6.07 Å². The van der Waals surface area contributed by atoms with E-state index in [9.17, 15) is 15.2 Å². The third-order valence-electron chi connectivity index (χ3n) is 6.74. The Hall–Kier alpha value is -3.33. The van der Waals surface area contributed by atoms with E-state index in [1.807, 2.05) is 31.2 Å². The normalized spacial score (nSPS) is 21.5. The Balaban J connectivity index is 1.77. The van der Waals surface area contributed by atoms with Crippen molar-refractivity contribution in [2.45, 2.75) is 37.5 Å². The van der Waals surface area contributed by atoms with Crippen molar-refractivity contribution in [2.24, 2.45) is 0 Å². The lowest BCUT2D eigenvalue weighted by Crippen LogP contribution is -2.63. The van der Waals surface area contributed by atoms with Gasteiger partial charge in [0.05, 0.1) is 11.6 Å². The van der Waals surface area contributed by atoms with Crippen LogP contribution in [-0.4, -0.2) is 16.7 Å². The van der Waals surface area contributed by atoms with Crippen LogP contribution in [0, 0.1) is 18.3 Å². The minimum atomic E-state index is -1.66. The first-order chi connectivity index (χ1) is 15.4. The molecule has 5 rings (SSSR count). The van der Waals surface area contributed by atoms with Gasteiger partial charge < -0.3 is 5.11 Å². The van der Waals surface area contributed by atoms with Gasteiger partial charge in [-0.05, 0) is 74.7 Å². The molecule has 2 aliphatic rings. The van der Waals surface area contributed by atoms with Gasteiger partial charge in [0.2, 0.25) is 0 Å². The molecule has 32 heavy (non-hydrogen) atoms. The summed E-state index contributed by atoms with van der Waals surface area (Å²) >= 11 is 6.10. The summed E-state index contributed by atoms with van der Waals surface area (Å²) in [7, 11) is 0. The number of hydrogen-bond donors (Lipinski definition) is 1. The number of nitrogens with zero attached hydrogens (tertiary/aromatic N) is 3. The van der Waals surface area contributed by atoms with Gasteiger partial charge in [-0.25, -0.2) is 4.79 Å². The van der Waals surface area contributed by atoms with Gasteiger partial charge in [-0.15, -0.1) is 0 Å². The number of urea groups is 1. The highest BCUT2D eigenvalue weighted by molar-refractivity contribution is 6.30. The average Bonchev–Trinajstić information content (AvgIpc) is 3.00. The highest BCUT2D eigenvalue weighted by atomic mass is 35.5. The quantitative estimate of drug-likeness (QED) is 0.561. The molecule has 1 aliphatic heterocycles. The van der Waals surface area contributed by atoms with Crippen LogP contribution < -0.4 is 9.80 Å². The molecule has 0 bridgehead atoms. The lowest BCUT2D eigenvalue weighted by atomic mass is 9.66. The van der Waals surface area contributed by atoms with Crippen LogP contribution in [0.1, 0.15) is 36.0 Å². The molecule has 160 valence electrons. The summed E-state index contributed by atoms with van der Waals surface area (Å²) in [5.74, 6) is 0. The summed E-state index contributed by atoms with van der Waals surface area (Å²) in [4.78, 5) is 17.2. The van der Waals surface area contributed by atoms with Crippen LogP contribution in [0.5, 0.6) is 0 Å². The summed E-state index contributed by atoms with van der Waals surface area (Å²) < 4.78 is 0. The van der Waals surface area contributed by atoms with Crippen molar-refractivity contribution in [3.63, 3.8) is 0 Å².